The van der Waals surface area contributed by atoms with Gasteiger partial charge in [0.1, 0.15) is 12.7 Å². The summed E-state index contributed by atoms with van der Waals surface area (Å²) in [7, 11) is 0. The van der Waals surface area contributed by atoms with E-state index in [1.807, 2.05) is 0 Å². The Morgan fingerprint density at radius 1 is 0.676 bits per heavy atom. The number of ether oxygens (including phenoxy) is 2. The van der Waals surface area contributed by atoms with Crippen LogP contribution in [0, 0.1) is 5.41 Å². The standard InChI is InChI=1S/C15H30O2.C13H26O4/c1-5-6-7-8-9-10-11-12-14(16)17-13-15(2,3)4;1-2-3-4-5-6-7-8-9-13(16)17-11-12(15)10-14/h5-13H2,1-4H3;12,14-15H,2-11H2,1H3. The van der Waals surface area contributed by atoms with E-state index in [0.717, 1.165) is 25.7 Å². The lowest BCUT2D eigenvalue weighted by Crippen LogP contribution is -2.21. The maximum absolute atomic E-state index is 11.4. The molecule has 0 fully saturated rings. The summed E-state index contributed by atoms with van der Waals surface area (Å²) in [5, 5.41) is 17.5. The van der Waals surface area contributed by atoms with Crippen LogP contribution in [0.1, 0.15) is 137 Å². The van der Waals surface area contributed by atoms with Gasteiger partial charge in [0.05, 0.1) is 13.2 Å². The van der Waals surface area contributed by atoms with Gasteiger partial charge in [-0.1, -0.05) is 112 Å². The second kappa shape index (κ2) is 25.0. The molecule has 0 amide bonds. The third kappa shape index (κ3) is 30.9. The molecule has 0 radical (unpaired) electrons. The first-order valence-corrected chi connectivity index (χ1v) is 13.8. The van der Waals surface area contributed by atoms with Gasteiger partial charge in [-0.3, -0.25) is 9.59 Å². The SMILES string of the molecule is CCCCCCCCCC(=O)OCC(C)(C)C.CCCCCCCCCC(=O)OCC(O)CO. The predicted octanol–water partition coefficient (Wildman–Crippen LogP) is 6.74. The number of aliphatic hydroxyl groups is 2. The van der Waals surface area contributed by atoms with Crippen LogP contribution in [-0.4, -0.2) is 48.1 Å². The van der Waals surface area contributed by atoms with Crippen LogP contribution >= 0.6 is 0 Å². The van der Waals surface area contributed by atoms with Crippen LogP contribution in [0.3, 0.4) is 0 Å². The first-order valence-electron chi connectivity index (χ1n) is 13.8. The van der Waals surface area contributed by atoms with Crippen molar-refractivity contribution in [2.75, 3.05) is 19.8 Å². The zero-order valence-corrected chi connectivity index (χ0v) is 23.0. The van der Waals surface area contributed by atoms with Crippen molar-refractivity contribution in [3.05, 3.63) is 0 Å². The molecule has 0 spiro atoms. The van der Waals surface area contributed by atoms with Crippen LogP contribution in [-0.2, 0) is 19.1 Å². The van der Waals surface area contributed by atoms with Crippen LogP contribution in [0.25, 0.3) is 0 Å². The van der Waals surface area contributed by atoms with E-state index in [-0.39, 0.29) is 30.6 Å². The van der Waals surface area contributed by atoms with Crippen molar-refractivity contribution >= 4 is 11.9 Å². The summed E-state index contributed by atoms with van der Waals surface area (Å²) >= 11 is 0. The summed E-state index contributed by atoms with van der Waals surface area (Å²) in [4.78, 5) is 22.6. The molecule has 34 heavy (non-hydrogen) atoms. The number of carbonyl (C=O) groups is 2. The van der Waals surface area contributed by atoms with E-state index < -0.39 is 6.10 Å². The van der Waals surface area contributed by atoms with Gasteiger partial charge in [-0.15, -0.1) is 0 Å². The second-order valence-corrected chi connectivity index (χ2v) is 10.5. The van der Waals surface area contributed by atoms with Crippen molar-refractivity contribution in [3.8, 4) is 0 Å². The number of hydrogen-bond donors (Lipinski definition) is 2. The Balaban J connectivity index is 0. The number of carbonyl (C=O) groups excluding carboxylic acids is 2. The molecule has 0 bridgehead atoms. The number of unbranched alkanes of at least 4 members (excludes halogenated alkanes) is 12. The smallest absolute Gasteiger partial charge is 0.305 e. The summed E-state index contributed by atoms with van der Waals surface area (Å²) in [5.74, 6) is -0.320. The summed E-state index contributed by atoms with van der Waals surface area (Å²) in [6.45, 7) is 10.7. The van der Waals surface area contributed by atoms with Gasteiger partial charge in [-0.2, -0.15) is 0 Å². The summed E-state index contributed by atoms with van der Waals surface area (Å²) in [5.41, 5.74) is 0.0792. The summed E-state index contributed by atoms with van der Waals surface area (Å²) in [6.07, 6.45) is 16.9. The topological polar surface area (TPSA) is 93.1 Å². The molecule has 0 heterocycles. The maximum atomic E-state index is 11.4. The fourth-order valence-electron chi connectivity index (χ4n) is 3.14. The van der Waals surface area contributed by atoms with Gasteiger partial charge in [0.15, 0.2) is 0 Å². The second-order valence-electron chi connectivity index (χ2n) is 10.5. The van der Waals surface area contributed by atoms with Crippen LogP contribution in [0.5, 0.6) is 0 Å². The minimum Gasteiger partial charge on any atom is -0.465 e. The molecule has 204 valence electrons. The molecular weight excluding hydrogens is 432 g/mol. The summed E-state index contributed by atoms with van der Waals surface area (Å²) in [6, 6.07) is 0. The Morgan fingerprint density at radius 2 is 1.06 bits per heavy atom. The molecule has 2 N–H and O–H groups in total. The lowest BCUT2D eigenvalue weighted by Gasteiger charge is -2.17. The van der Waals surface area contributed by atoms with Crippen molar-refractivity contribution in [1.82, 2.24) is 0 Å². The fourth-order valence-corrected chi connectivity index (χ4v) is 3.14. The number of hydrogen-bond acceptors (Lipinski definition) is 6. The van der Waals surface area contributed by atoms with Crippen LogP contribution in [0.4, 0.5) is 0 Å². The molecule has 0 aliphatic carbocycles. The van der Waals surface area contributed by atoms with Crippen molar-refractivity contribution < 1.29 is 29.3 Å². The highest BCUT2D eigenvalue weighted by Crippen LogP contribution is 2.14. The molecule has 0 aromatic carbocycles. The molecule has 0 aliphatic heterocycles. The van der Waals surface area contributed by atoms with E-state index in [1.54, 1.807) is 0 Å². The average Bonchev–Trinajstić information content (AvgIpc) is 2.80. The lowest BCUT2D eigenvalue weighted by atomic mass is 9.99. The fraction of sp³-hybridized carbons (Fsp3) is 0.929. The highest BCUT2D eigenvalue weighted by atomic mass is 16.5. The largest absolute Gasteiger partial charge is 0.465 e. The van der Waals surface area contributed by atoms with Crippen molar-refractivity contribution in [3.63, 3.8) is 0 Å². The molecule has 6 heteroatoms. The lowest BCUT2D eigenvalue weighted by molar-refractivity contribution is -0.147. The third-order valence-electron chi connectivity index (χ3n) is 5.28. The van der Waals surface area contributed by atoms with Gasteiger partial charge >= 0.3 is 11.9 Å². The average molecular weight is 489 g/mol. The van der Waals surface area contributed by atoms with Crippen LogP contribution in [0.15, 0.2) is 0 Å². The molecule has 0 saturated carbocycles. The maximum Gasteiger partial charge on any atom is 0.305 e. The number of esters is 2. The minimum atomic E-state index is -0.951. The molecule has 0 aromatic rings. The van der Waals surface area contributed by atoms with Gasteiger partial charge in [0, 0.05) is 12.8 Å². The zero-order valence-electron chi connectivity index (χ0n) is 23.0. The van der Waals surface area contributed by atoms with Crippen molar-refractivity contribution in [2.24, 2.45) is 5.41 Å². The molecule has 0 aliphatic rings. The first-order chi connectivity index (χ1) is 16.2. The van der Waals surface area contributed by atoms with Gasteiger partial charge < -0.3 is 19.7 Å². The van der Waals surface area contributed by atoms with Gasteiger partial charge in [0.2, 0.25) is 0 Å². The van der Waals surface area contributed by atoms with Crippen molar-refractivity contribution in [2.45, 2.75) is 143 Å². The first kappa shape index (κ1) is 35.0. The van der Waals surface area contributed by atoms with Gasteiger partial charge in [-0.25, -0.2) is 0 Å². The highest BCUT2D eigenvalue weighted by Gasteiger charge is 2.13. The Labute approximate surface area is 210 Å². The van der Waals surface area contributed by atoms with E-state index in [1.165, 1.54) is 64.2 Å². The van der Waals surface area contributed by atoms with Crippen molar-refractivity contribution in [1.29, 1.82) is 0 Å². The Bertz CT molecular complexity index is 458. The number of rotatable bonds is 20. The van der Waals surface area contributed by atoms with Gasteiger partial charge in [-0.05, 0) is 18.3 Å². The summed E-state index contributed by atoms with van der Waals surface area (Å²) < 4.78 is 10.0. The zero-order chi connectivity index (χ0) is 26.1. The molecule has 0 rings (SSSR count). The molecule has 0 saturated heterocycles. The normalized spacial score (nSPS) is 12.0. The van der Waals surface area contributed by atoms with E-state index in [9.17, 15) is 9.59 Å². The van der Waals surface area contributed by atoms with E-state index >= 15 is 0 Å². The van der Waals surface area contributed by atoms with Crippen LogP contribution in [0.2, 0.25) is 0 Å². The molecule has 1 atom stereocenters. The third-order valence-corrected chi connectivity index (χ3v) is 5.28. The van der Waals surface area contributed by atoms with E-state index in [0.29, 0.717) is 19.4 Å². The number of aliphatic hydroxyl groups excluding tert-OH is 2. The predicted molar refractivity (Wildman–Crippen MR) is 140 cm³/mol. The molecule has 1 unspecified atom stereocenters. The monoisotopic (exact) mass is 488 g/mol. The molecular formula is C28H56O6. The minimum absolute atomic E-state index is 0.0338. The Hall–Kier alpha value is -1.14. The Kier molecular flexibility index (Phi) is 25.7. The van der Waals surface area contributed by atoms with Gasteiger partial charge in [0.25, 0.3) is 0 Å². The highest BCUT2D eigenvalue weighted by molar-refractivity contribution is 5.69. The van der Waals surface area contributed by atoms with E-state index in [4.69, 9.17) is 19.7 Å². The van der Waals surface area contributed by atoms with Crippen LogP contribution < -0.4 is 0 Å². The molecule has 6 nitrogen and oxygen atoms in total. The van der Waals surface area contributed by atoms with E-state index in [2.05, 4.69) is 34.6 Å². The quantitative estimate of drug-likeness (QED) is 0.146. The Morgan fingerprint density at radius 3 is 1.44 bits per heavy atom. The molecule has 0 aromatic heterocycles.